The van der Waals surface area contributed by atoms with E-state index >= 15 is 0 Å². The van der Waals surface area contributed by atoms with Crippen LogP contribution in [0.25, 0.3) is 5.82 Å². The lowest BCUT2D eigenvalue weighted by Gasteiger charge is -2.15. The van der Waals surface area contributed by atoms with Crippen molar-refractivity contribution in [1.82, 2.24) is 35.1 Å². The molecular weight excluding hydrogens is 562 g/mol. The number of pyridine rings is 1. The van der Waals surface area contributed by atoms with Crippen LogP contribution in [0.15, 0.2) is 42.7 Å². The highest BCUT2D eigenvalue weighted by atomic mass is 35.5. The van der Waals surface area contributed by atoms with Gasteiger partial charge in [-0.1, -0.05) is 28.4 Å². The van der Waals surface area contributed by atoms with Gasteiger partial charge in [0.25, 0.3) is 11.8 Å². The number of nitrogens with one attached hydrogen (secondary N) is 2. The Morgan fingerprint density at radius 3 is 2.62 bits per heavy atom. The fraction of sp³-hybridized carbons (Fsp3) is 0.174. The van der Waals surface area contributed by atoms with Gasteiger partial charge in [0, 0.05) is 11.2 Å². The van der Waals surface area contributed by atoms with Crippen LogP contribution in [-0.2, 0) is 12.7 Å². The van der Waals surface area contributed by atoms with E-state index in [1.165, 1.54) is 30.5 Å². The van der Waals surface area contributed by atoms with Gasteiger partial charge in [-0.15, -0.1) is 5.10 Å². The maximum absolute atomic E-state index is 13.5. The molecule has 0 saturated carbocycles. The first-order valence-corrected chi connectivity index (χ1v) is 11.7. The van der Waals surface area contributed by atoms with E-state index in [4.69, 9.17) is 28.5 Å². The number of aryl methyl sites for hydroxylation is 1. The molecule has 3 heterocycles. The van der Waals surface area contributed by atoms with E-state index in [0.717, 1.165) is 9.36 Å². The van der Waals surface area contributed by atoms with Gasteiger partial charge in [0.15, 0.2) is 11.5 Å². The quantitative estimate of drug-likeness (QED) is 0.315. The highest BCUT2D eigenvalue weighted by Crippen LogP contribution is 2.28. The summed E-state index contributed by atoms with van der Waals surface area (Å²) in [6, 6.07) is 9.04. The summed E-state index contributed by atoms with van der Waals surface area (Å²) in [4.78, 5) is 30.3. The van der Waals surface area contributed by atoms with Crippen LogP contribution >= 0.6 is 23.2 Å². The molecule has 4 aromatic rings. The van der Waals surface area contributed by atoms with Crippen molar-refractivity contribution in [1.29, 1.82) is 5.26 Å². The van der Waals surface area contributed by atoms with E-state index in [0.29, 0.717) is 11.8 Å². The Bertz CT molecular complexity index is 1610. The lowest BCUT2D eigenvalue weighted by Crippen LogP contribution is -2.26. The number of halogens is 5. The number of alkyl halides is 3. The predicted molar refractivity (Wildman–Crippen MR) is 133 cm³/mol. The molecule has 0 bridgehead atoms. The molecule has 0 atom stereocenters. The largest absolute Gasteiger partial charge is 0.436 e. The van der Waals surface area contributed by atoms with Crippen LogP contribution in [0.2, 0.25) is 10.0 Å². The Kier molecular flexibility index (Phi) is 7.84. The number of hydrogen-bond acceptors (Lipinski definition) is 7. The SMILES string of the molecule is Cc1cc(Cl)cc(C(=O)NCC#N)c1NC(=O)c1cc(Cn2cc(C(F)(F)F)nn2)nn1-c1ncccc1Cl. The molecule has 39 heavy (non-hydrogen) atoms. The zero-order chi connectivity index (χ0) is 28.3. The Balaban J connectivity index is 1.73. The number of aromatic nitrogens is 6. The number of carbonyl (C=O) groups is 2. The fourth-order valence-electron chi connectivity index (χ4n) is 3.52. The number of nitriles is 1. The highest BCUT2D eigenvalue weighted by Gasteiger charge is 2.34. The van der Waals surface area contributed by atoms with Crippen LogP contribution in [0.5, 0.6) is 0 Å². The van der Waals surface area contributed by atoms with Crippen LogP contribution in [0.3, 0.4) is 0 Å². The van der Waals surface area contributed by atoms with Gasteiger partial charge in [0.2, 0.25) is 0 Å². The molecule has 0 fully saturated rings. The molecule has 0 spiro atoms. The van der Waals surface area contributed by atoms with Gasteiger partial charge < -0.3 is 10.6 Å². The van der Waals surface area contributed by atoms with E-state index < -0.39 is 23.7 Å². The van der Waals surface area contributed by atoms with Crippen molar-refractivity contribution in [2.45, 2.75) is 19.6 Å². The molecule has 0 aliphatic heterocycles. The average Bonchev–Trinajstić information content (AvgIpc) is 3.52. The molecule has 200 valence electrons. The van der Waals surface area contributed by atoms with Gasteiger partial charge in [-0.05, 0) is 42.8 Å². The Labute approximate surface area is 228 Å². The van der Waals surface area contributed by atoms with E-state index in [2.05, 4.69) is 31.0 Å². The molecule has 2 N–H and O–H groups in total. The van der Waals surface area contributed by atoms with E-state index in [-0.39, 0.29) is 51.6 Å². The molecular formula is C23H16Cl2F3N9O2. The van der Waals surface area contributed by atoms with Crippen LogP contribution in [0, 0.1) is 18.3 Å². The van der Waals surface area contributed by atoms with Gasteiger partial charge in [-0.2, -0.15) is 23.5 Å². The molecule has 16 heteroatoms. The van der Waals surface area contributed by atoms with Crippen LogP contribution in [0.1, 0.15) is 37.8 Å². The van der Waals surface area contributed by atoms with Gasteiger partial charge in [0.1, 0.15) is 12.2 Å². The topological polar surface area (TPSA) is 143 Å². The van der Waals surface area contributed by atoms with Crippen molar-refractivity contribution in [2.24, 2.45) is 0 Å². The molecule has 11 nitrogen and oxygen atoms in total. The lowest BCUT2D eigenvalue weighted by molar-refractivity contribution is -0.141. The van der Waals surface area contributed by atoms with Gasteiger partial charge in [-0.25, -0.2) is 14.3 Å². The third-order valence-corrected chi connectivity index (χ3v) is 5.71. The van der Waals surface area contributed by atoms with Crippen molar-refractivity contribution < 1.29 is 22.8 Å². The van der Waals surface area contributed by atoms with Crippen molar-refractivity contribution >= 4 is 40.7 Å². The standard InChI is InChI=1S/C23H16Cl2F3N9O2/c1-12-7-13(24)8-15(21(38)31-6-4-29)19(12)32-22(39)17-9-14(10-36-11-18(33-35-36)23(26,27)28)34-37(17)20-16(25)3-2-5-30-20/h2-3,5,7-9,11H,6,10H2,1H3,(H,31,38)(H,32,39). The van der Waals surface area contributed by atoms with Crippen molar-refractivity contribution in [2.75, 3.05) is 11.9 Å². The summed E-state index contributed by atoms with van der Waals surface area (Å²) in [6.45, 7) is 1.08. The monoisotopic (exact) mass is 577 g/mol. The number of hydrogen-bond donors (Lipinski definition) is 2. The smallest absolute Gasteiger partial charge is 0.339 e. The fourth-order valence-corrected chi connectivity index (χ4v) is 3.99. The highest BCUT2D eigenvalue weighted by molar-refractivity contribution is 6.32. The van der Waals surface area contributed by atoms with Crippen molar-refractivity contribution in [3.63, 3.8) is 0 Å². The second-order valence-corrected chi connectivity index (χ2v) is 8.82. The first-order valence-electron chi connectivity index (χ1n) is 10.9. The van der Waals surface area contributed by atoms with Crippen LogP contribution < -0.4 is 10.6 Å². The number of carbonyl (C=O) groups excluding carboxylic acids is 2. The minimum atomic E-state index is -4.68. The number of amides is 2. The molecule has 0 unspecified atom stereocenters. The van der Waals surface area contributed by atoms with E-state index in [1.807, 2.05) is 0 Å². The normalized spacial score (nSPS) is 11.2. The summed E-state index contributed by atoms with van der Waals surface area (Å²) in [5.41, 5.74) is -0.573. The summed E-state index contributed by atoms with van der Waals surface area (Å²) < 4.78 is 40.9. The number of rotatable bonds is 7. The summed E-state index contributed by atoms with van der Waals surface area (Å²) in [5.74, 6) is -1.32. The molecule has 0 aliphatic rings. The summed E-state index contributed by atoms with van der Waals surface area (Å²) in [7, 11) is 0. The molecule has 0 saturated heterocycles. The third kappa shape index (κ3) is 6.16. The van der Waals surface area contributed by atoms with E-state index in [1.54, 1.807) is 19.1 Å². The number of benzene rings is 1. The Hall–Kier alpha value is -4.48. The zero-order valence-electron chi connectivity index (χ0n) is 19.8. The van der Waals surface area contributed by atoms with Crippen molar-refractivity contribution in [3.05, 3.63) is 81.0 Å². The molecule has 2 amide bonds. The maximum Gasteiger partial charge on any atom is 0.436 e. The molecule has 0 aliphatic carbocycles. The average molecular weight is 578 g/mol. The molecule has 3 aromatic heterocycles. The van der Waals surface area contributed by atoms with Gasteiger partial charge in [0.05, 0.1) is 40.8 Å². The molecule has 0 radical (unpaired) electrons. The third-order valence-electron chi connectivity index (χ3n) is 5.20. The second kappa shape index (κ2) is 11.1. The summed E-state index contributed by atoms with van der Waals surface area (Å²) in [5, 5.41) is 25.1. The Morgan fingerprint density at radius 2 is 1.95 bits per heavy atom. The first kappa shape index (κ1) is 27.6. The van der Waals surface area contributed by atoms with Gasteiger partial charge in [-0.3, -0.25) is 9.59 Å². The predicted octanol–water partition coefficient (Wildman–Crippen LogP) is 4.05. The zero-order valence-corrected chi connectivity index (χ0v) is 21.3. The Morgan fingerprint density at radius 1 is 1.18 bits per heavy atom. The minimum Gasteiger partial charge on any atom is -0.339 e. The summed E-state index contributed by atoms with van der Waals surface area (Å²) in [6.07, 6.45) is -2.56. The molecule has 4 rings (SSSR count). The summed E-state index contributed by atoms with van der Waals surface area (Å²) >= 11 is 12.4. The molecule has 1 aromatic carbocycles. The maximum atomic E-state index is 13.5. The number of anilines is 1. The van der Waals surface area contributed by atoms with Gasteiger partial charge >= 0.3 is 6.18 Å². The second-order valence-electron chi connectivity index (χ2n) is 7.98. The first-order chi connectivity index (χ1) is 18.5. The van der Waals surface area contributed by atoms with Crippen LogP contribution in [0.4, 0.5) is 18.9 Å². The lowest BCUT2D eigenvalue weighted by atomic mass is 10.1. The van der Waals surface area contributed by atoms with Crippen LogP contribution in [-0.4, -0.2) is 48.1 Å². The van der Waals surface area contributed by atoms with E-state index in [9.17, 15) is 22.8 Å². The number of nitrogens with zero attached hydrogens (tertiary/aromatic N) is 7. The van der Waals surface area contributed by atoms with Crippen molar-refractivity contribution in [3.8, 4) is 11.9 Å². The minimum absolute atomic E-state index is 0.00746.